The Kier molecular flexibility index (Phi) is 6.40. The summed E-state index contributed by atoms with van der Waals surface area (Å²) in [5.41, 5.74) is 3.93. The standard InChI is InChI=1S/C26H30N2O5/c1-16(2)13-22(24(30)31)27-23(29)14-26(11-12-26)28-25(32)33-15-21-19-9-5-3-7-17(19)18-8-4-6-10-20(18)21/h3-10,16,21-22H,11-15H2,1-2H3,(H,27,29)(H,28,32)(H,30,31)/t22-/m0/s1. The fourth-order valence-corrected chi connectivity index (χ4v) is 4.59. The van der Waals surface area contributed by atoms with Crippen LogP contribution in [0.3, 0.4) is 0 Å². The topological polar surface area (TPSA) is 105 Å². The number of rotatable bonds is 9. The van der Waals surface area contributed by atoms with E-state index in [2.05, 4.69) is 34.9 Å². The molecule has 2 aromatic carbocycles. The zero-order chi connectivity index (χ0) is 23.6. The van der Waals surface area contributed by atoms with Crippen molar-refractivity contribution in [2.45, 2.75) is 57.0 Å². The van der Waals surface area contributed by atoms with Crippen LogP contribution in [0.25, 0.3) is 11.1 Å². The number of carbonyl (C=O) groups is 3. The molecule has 0 spiro atoms. The lowest BCUT2D eigenvalue weighted by Crippen LogP contribution is -2.46. The van der Waals surface area contributed by atoms with E-state index in [4.69, 9.17) is 4.74 Å². The van der Waals surface area contributed by atoms with Gasteiger partial charge < -0.3 is 20.5 Å². The molecule has 3 N–H and O–H groups in total. The minimum Gasteiger partial charge on any atom is -0.480 e. The third-order valence-corrected chi connectivity index (χ3v) is 6.40. The Morgan fingerprint density at radius 3 is 2.12 bits per heavy atom. The first kappa shape index (κ1) is 22.8. The smallest absolute Gasteiger partial charge is 0.407 e. The zero-order valence-corrected chi connectivity index (χ0v) is 19.0. The maximum absolute atomic E-state index is 12.6. The van der Waals surface area contributed by atoms with Crippen LogP contribution in [0.15, 0.2) is 48.5 Å². The van der Waals surface area contributed by atoms with Crippen LogP contribution in [0.5, 0.6) is 0 Å². The van der Waals surface area contributed by atoms with E-state index in [-0.39, 0.29) is 30.8 Å². The van der Waals surface area contributed by atoms with Gasteiger partial charge in [-0.15, -0.1) is 0 Å². The van der Waals surface area contributed by atoms with Crippen LogP contribution in [-0.4, -0.2) is 41.3 Å². The van der Waals surface area contributed by atoms with E-state index in [1.807, 2.05) is 38.1 Å². The molecule has 2 aromatic rings. The highest BCUT2D eigenvalue weighted by Crippen LogP contribution is 2.44. The van der Waals surface area contributed by atoms with Crippen molar-refractivity contribution in [2.75, 3.05) is 6.61 Å². The molecule has 7 nitrogen and oxygen atoms in total. The van der Waals surface area contributed by atoms with Gasteiger partial charge in [0.15, 0.2) is 0 Å². The maximum atomic E-state index is 12.6. The van der Waals surface area contributed by atoms with Crippen molar-refractivity contribution >= 4 is 18.0 Å². The Morgan fingerprint density at radius 2 is 1.61 bits per heavy atom. The molecule has 2 aliphatic carbocycles. The van der Waals surface area contributed by atoms with Crippen molar-refractivity contribution in [3.63, 3.8) is 0 Å². The highest BCUT2D eigenvalue weighted by molar-refractivity contribution is 5.85. The Morgan fingerprint density at radius 1 is 1.03 bits per heavy atom. The summed E-state index contributed by atoms with van der Waals surface area (Å²) in [7, 11) is 0. The summed E-state index contributed by atoms with van der Waals surface area (Å²) in [6.07, 6.45) is 1.16. The molecule has 33 heavy (non-hydrogen) atoms. The predicted molar refractivity (Wildman–Crippen MR) is 124 cm³/mol. The summed E-state index contributed by atoms with van der Waals surface area (Å²) in [6.45, 7) is 4.02. The number of amides is 2. The molecule has 1 atom stereocenters. The molecule has 2 amide bonds. The Balaban J connectivity index is 1.33. The summed E-state index contributed by atoms with van der Waals surface area (Å²) in [5.74, 6) is -1.32. The number of alkyl carbamates (subject to hydrolysis) is 1. The van der Waals surface area contributed by atoms with Gasteiger partial charge in [-0.3, -0.25) is 4.79 Å². The Bertz CT molecular complexity index is 1010. The molecule has 4 rings (SSSR count). The number of carboxylic acids is 1. The van der Waals surface area contributed by atoms with Gasteiger partial charge in [-0.2, -0.15) is 0 Å². The molecule has 174 valence electrons. The molecule has 0 aliphatic heterocycles. The molecule has 0 aromatic heterocycles. The third-order valence-electron chi connectivity index (χ3n) is 6.40. The summed E-state index contributed by atoms with van der Waals surface area (Å²) >= 11 is 0. The molecule has 1 fully saturated rings. The first-order valence-corrected chi connectivity index (χ1v) is 11.4. The third kappa shape index (κ3) is 5.18. The number of fused-ring (bicyclic) bond motifs is 3. The van der Waals surface area contributed by atoms with E-state index in [9.17, 15) is 19.5 Å². The second-order valence-corrected chi connectivity index (χ2v) is 9.50. The quantitative estimate of drug-likeness (QED) is 0.534. The molecule has 0 saturated heterocycles. The Hall–Kier alpha value is -3.35. The average Bonchev–Trinajstić information content (AvgIpc) is 3.43. The second kappa shape index (κ2) is 9.25. The molecule has 0 heterocycles. The first-order chi connectivity index (χ1) is 15.8. The summed E-state index contributed by atoms with van der Waals surface area (Å²) in [6, 6.07) is 15.3. The fourth-order valence-electron chi connectivity index (χ4n) is 4.59. The number of nitrogens with one attached hydrogen (secondary N) is 2. The first-order valence-electron chi connectivity index (χ1n) is 11.4. The van der Waals surface area contributed by atoms with Crippen LogP contribution in [0.2, 0.25) is 0 Å². The lowest BCUT2D eigenvalue weighted by atomic mass is 9.98. The lowest BCUT2D eigenvalue weighted by Gasteiger charge is -2.21. The van der Waals surface area contributed by atoms with Gasteiger partial charge in [0.25, 0.3) is 0 Å². The Labute approximate surface area is 193 Å². The highest BCUT2D eigenvalue weighted by Gasteiger charge is 2.46. The molecule has 1 saturated carbocycles. The summed E-state index contributed by atoms with van der Waals surface area (Å²) < 4.78 is 5.59. The van der Waals surface area contributed by atoms with E-state index in [0.29, 0.717) is 19.3 Å². The molecule has 7 heteroatoms. The molecular formula is C26H30N2O5. The maximum Gasteiger partial charge on any atom is 0.407 e. The molecule has 0 radical (unpaired) electrons. The minimum absolute atomic E-state index is 0.0334. The van der Waals surface area contributed by atoms with Gasteiger partial charge in [-0.05, 0) is 47.4 Å². The van der Waals surface area contributed by atoms with Crippen molar-refractivity contribution in [1.29, 1.82) is 0 Å². The monoisotopic (exact) mass is 450 g/mol. The van der Waals surface area contributed by atoms with Gasteiger partial charge in [0.2, 0.25) is 5.91 Å². The van der Waals surface area contributed by atoms with Crippen molar-refractivity contribution in [2.24, 2.45) is 5.92 Å². The van der Waals surface area contributed by atoms with Crippen molar-refractivity contribution in [3.05, 3.63) is 59.7 Å². The molecule has 0 bridgehead atoms. The van der Waals surface area contributed by atoms with Gasteiger partial charge >= 0.3 is 12.1 Å². The number of carbonyl (C=O) groups excluding carboxylic acids is 2. The number of hydrogen-bond acceptors (Lipinski definition) is 4. The normalized spacial score (nSPS) is 16.5. The number of carboxylic acid groups (broad SMARTS) is 1. The fraction of sp³-hybridized carbons (Fsp3) is 0.423. The number of benzene rings is 2. The van der Waals surface area contributed by atoms with E-state index in [1.165, 1.54) is 0 Å². The average molecular weight is 451 g/mol. The van der Waals surface area contributed by atoms with E-state index >= 15 is 0 Å². The number of hydrogen-bond donors (Lipinski definition) is 3. The lowest BCUT2D eigenvalue weighted by molar-refractivity contribution is -0.142. The second-order valence-electron chi connectivity index (χ2n) is 9.50. The van der Waals surface area contributed by atoms with Gasteiger partial charge in [0, 0.05) is 12.3 Å². The predicted octanol–water partition coefficient (Wildman–Crippen LogP) is 4.06. The molecule has 0 unspecified atom stereocenters. The SMILES string of the molecule is CC(C)C[C@H](NC(=O)CC1(NC(=O)OCC2c3ccccc3-c3ccccc32)CC1)C(=O)O. The summed E-state index contributed by atoms with van der Waals surface area (Å²) in [5, 5.41) is 14.8. The van der Waals surface area contributed by atoms with Crippen LogP contribution in [0.4, 0.5) is 4.79 Å². The van der Waals surface area contributed by atoms with Crippen molar-refractivity contribution in [1.82, 2.24) is 10.6 Å². The van der Waals surface area contributed by atoms with E-state index in [1.54, 1.807) is 0 Å². The van der Waals surface area contributed by atoms with Gasteiger partial charge in [0.1, 0.15) is 12.6 Å². The van der Waals surface area contributed by atoms with Gasteiger partial charge in [0.05, 0.1) is 5.54 Å². The van der Waals surface area contributed by atoms with E-state index in [0.717, 1.165) is 22.3 Å². The molecule has 2 aliphatic rings. The van der Waals surface area contributed by atoms with Crippen LogP contribution < -0.4 is 10.6 Å². The van der Waals surface area contributed by atoms with E-state index < -0.39 is 23.6 Å². The zero-order valence-electron chi connectivity index (χ0n) is 19.0. The van der Waals surface area contributed by atoms with Crippen molar-refractivity contribution < 1.29 is 24.2 Å². The largest absolute Gasteiger partial charge is 0.480 e. The van der Waals surface area contributed by atoms with Gasteiger partial charge in [-0.1, -0.05) is 62.4 Å². The number of ether oxygens (including phenoxy) is 1. The van der Waals surface area contributed by atoms with Crippen LogP contribution in [0.1, 0.15) is 56.6 Å². The molecular weight excluding hydrogens is 420 g/mol. The highest BCUT2D eigenvalue weighted by atomic mass is 16.5. The van der Waals surface area contributed by atoms with Crippen LogP contribution in [-0.2, 0) is 14.3 Å². The number of aliphatic carboxylic acids is 1. The van der Waals surface area contributed by atoms with Crippen molar-refractivity contribution in [3.8, 4) is 11.1 Å². The van der Waals surface area contributed by atoms with Crippen LogP contribution in [0, 0.1) is 5.92 Å². The summed E-state index contributed by atoms with van der Waals surface area (Å²) in [4.78, 5) is 36.4. The minimum atomic E-state index is -1.05. The van der Waals surface area contributed by atoms with Crippen LogP contribution >= 0.6 is 0 Å². The van der Waals surface area contributed by atoms with Gasteiger partial charge in [-0.25, -0.2) is 9.59 Å².